The van der Waals surface area contributed by atoms with Crippen LogP contribution < -0.4 is 5.56 Å². The zero-order valence-electron chi connectivity index (χ0n) is 15.9. The number of benzene rings is 2. The second kappa shape index (κ2) is 8.48. The lowest BCUT2D eigenvalue weighted by Crippen LogP contribution is -2.21. The van der Waals surface area contributed by atoms with Crippen molar-refractivity contribution in [1.29, 1.82) is 0 Å². The molecule has 0 amide bonds. The number of ether oxygens (including phenoxy) is 1. The van der Waals surface area contributed by atoms with Gasteiger partial charge in [-0.05, 0) is 30.7 Å². The molecule has 29 heavy (non-hydrogen) atoms. The first-order chi connectivity index (χ1) is 14.2. The molecule has 2 aromatic carbocycles. The summed E-state index contributed by atoms with van der Waals surface area (Å²) in [6, 6.07) is 16.6. The van der Waals surface area contributed by atoms with Crippen LogP contribution in [0.1, 0.15) is 19.8 Å². The zero-order valence-corrected chi connectivity index (χ0v) is 16.8. The number of hydrogen-bond donors (Lipinski definition) is 0. The van der Waals surface area contributed by atoms with Gasteiger partial charge >= 0.3 is 5.97 Å². The Balaban J connectivity index is 1.79. The number of unbranched alkanes of at least 4 members (excludes halogenated alkanes) is 1. The van der Waals surface area contributed by atoms with Crippen molar-refractivity contribution < 1.29 is 9.53 Å². The second-order valence-corrected chi connectivity index (χ2v) is 7.42. The van der Waals surface area contributed by atoms with E-state index in [1.807, 2.05) is 59.9 Å². The number of rotatable bonds is 7. The number of fused-ring (bicyclic) bond motifs is 3. The van der Waals surface area contributed by atoms with Gasteiger partial charge in [-0.15, -0.1) is 10.2 Å². The van der Waals surface area contributed by atoms with Crippen LogP contribution in [0.5, 0.6) is 0 Å². The van der Waals surface area contributed by atoms with E-state index in [0.717, 1.165) is 12.8 Å². The van der Waals surface area contributed by atoms with E-state index in [-0.39, 0.29) is 17.3 Å². The highest BCUT2D eigenvalue weighted by atomic mass is 32.2. The normalized spacial score (nSPS) is 11.2. The number of nitrogens with zero attached hydrogens (tertiary/aromatic N) is 4. The van der Waals surface area contributed by atoms with Crippen LogP contribution in [0.2, 0.25) is 0 Å². The molecule has 0 bridgehead atoms. The van der Waals surface area contributed by atoms with Crippen molar-refractivity contribution in [2.45, 2.75) is 24.9 Å². The number of carbonyl (C=O) groups is 1. The van der Waals surface area contributed by atoms with Gasteiger partial charge in [0.05, 0.1) is 29.0 Å². The van der Waals surface area contributed by atoms with Crippen molar-refractivity contribution in [1.82, 2.24) is 19.2 Å². The Labute approximate surface area is 171 Å². The molecule has 7 nitrogen and oxygen atoms in total. The Morgan fingerprint density at radius 1 is 1.07 bits per heavy atom. The SMILES string of the molecule is CCCCOC(=O)CSc1nnc2n(-c3ccccc3)c(=O)c3ccccc3n12. The van der Waals surface area contributed by atoms with E-state index >= 15 is 0 Å². The smallest absolute Gasteiger partial charge is 0.316 e. The van der Waals surface area contributed by atoms with Crippen molar-refractivity contribution in [2.75, 3.05) is 12.4 Å². The van der Waals surface area contributed by atoms with Gasteiger partial charge in [0.25, 0.3) is 5.56 Å². The molecular formula is C21H20N4O3S. The van der Waals surface area contributed by atoms with Gasteiger partial charge in [-0.25, -0.2) is 4.57 Å². The summed E-state index contributed by atoms with van der Waals surface area (Å²) in [7, 11) is 0. The van der Waals surface area contributed by atoms with E-state index in [9.17, 15) is 9.59 Å². The van der Waals surface area contributed by atoms with Crippen LogP contribution in [0.3, 0.4) is 0 Å². The topological polar surface area (TPSA) is 78.5 Å². The summed E-state index contributed by atoms with van der Waals surface area (Å²) in [5.41, 5.74) is 1.24. The maximum absolute atomic E-state index is 13.2. The quantitative estimate of drug-likeness (QED) is 0.265. The molecule has 4 aromatic rings. The first-order valence-corrected chi connectivity index (χ1v) is 10.4. The highest BCUT2D eigenvalue weighted by Crippen LogP contribution is 2.23. The average molecular weight is 408 g/mol. The summed E-state index contributed by atoms with van der Waals surface area (Å²) in [6.45, 7) is 2.47. The maximum Gasteiger partial charge on any atom is 0.316 e. The maximum atomic E-state index is 13.2. The van der Waals surface area contributed by atoms with E-state index in [0.29, 0.717) is 34.1 Å². The van der Waals surface area contributed by atoms with Gasteiger partial charge in [0.15, 0.2) is 5.16 Å². The number of para-hydroxylation sites is 2. The number of carbonyl (C=O) groups excluding carboxylic acids is 1. The molecular weight excluding hydrogens is 388 g/mol. The van der Waals surface area contributed by atoms with E-state index < -0.39 is 0 Å². The summed E-state index contributed by atoms with van der Waals surface area (Å²) in [4.78, 5) is 25.2. The largest absolute Gasteiger partial charge is 0.465 e. The molecule has 0 unspecified atom stereocenters. The van der Waals surface area contributed by atoms with Gasteiger partial charge in [-0.1, -0.05) is 55.4 Å². The third kappa shape index (κ3) is 3.75. The van der Waals surface area contributed by atoms with Crippen LogP contribution in [0.25, 0.3) is 22.4 Å². The predicted molar refractivity (Wildman–Crippen MR) is 113 cm³/mol. The lowest BCUT2D eigenvalue weighted by atomic mass is 10.2. The van der Waals surface area contributed by atoms with Gasteiger partial charge in [0.2, 0.25) is 5.78 Å². The molecule has 148 valence electrons. The van der Waals surface area contributed by atoms with Crippen LogP contribution in [-0.2, 0) is 9.53 Å². The summed E-state index contributed by atoms with van der Waals surface area (Å²) in [5.74, 6) is 0.242. The number of hydrogen-bond acceptors (Lipinski definition) is 6. The Morgan fingerprint density at radius 2 is 1.83 bits per heavy atom. The molecule has 0 radical (unpaired) electrons. The van der Waals surface area contributed by atoms with Gasteiger partial charge < -0.3 is 4.74 Å². The van der Waals surface area contributed by atoms with Crippen molar-refractivity contribution >= 4 is 34.4 Å². The zero-order chi connectivity index (χ0) is 20.2. The Bertz CT molecular complexity index is 1220. The number of thioether (sulfide) groups is 1. The van der Waals surface area contributed by atoms with E-state index in [2.05, 4.69) is 10.2 Å². The van der Waals surface area contributed by atoms with Crippen molar-refractivity contribution in [3.05, 3.63) is 65.0 Å². The molecule has 0 aliphatic carbocycles. The summed E-state index contributed by atoms with van der Waals surface area (Å²) < 4.78 is 8.57. The van der Waals surface area contributed by atoms with Crippen LogP contribution in [0.4, 0.5) is 0 Å². The summed E-state index contributed by atoms with van der Waals surface area (Å²) in [5, 5.41) is 9.60. The van der Waals surface area contributed by atoms with Crippen LogP contribution >= 0.6 is 11.8 Å². The number of esters is 1. The highest BCUT2D eigenvalue weighted by Gasteiger charge is 2.18. The van der Waals surface area contributed by atoms with Gasteiger partial charge in [-0.2, -0.15) is 0 Å². The molecule has 0 aliphatic rings. The molecule has 0 N–H and O–H groups in total. The predicted octanol–water partition coefficient (Wildman–Crippen LogP) is 3.47. The minimum absolute atomic E-state index is 0.128. The fraction of sp³-hybridized carbons (Fsp3) is 0.238. The molecule has 2 heterocycles. The molecule has 0 saturated heterocycles. The van der Waals surface area contributed by atoms with Crippen LogP contribution in [0.15, 0.2) is 64.5 Å². The lowest BCUT2D eigenvalue weighted by molar-refractivity contribution is -0.140. The van der Waals surface area contributed by atoms with Crippen molar-refractivity contribution in [2.24, 2.45) is 0 Å². The van der Waals surface area contributed by atoms with Gasteiger partial charge in [-0.3, -0.25) is 14.0 Å². The molecule has 4 rings (SSSR count). The third-order valence-electron chi connectivity index (χ3n) is 4.49. The van der Waals surface area contributed by atoms with Crippen LogP contribution in [0, 0.1) is 0 Å². The molecule has 8 heteroatoms. The highest BCUT2D eigenvalue weighted by molar-refractivity contribution is 7.99. The molecule has 0 atom stereocenters. The van der Waals surface area contributed by atoms with E-state index in [4.69, 9.17) is 4.74 Å². The minimum Gasteiger partial charge on any atom is -0.465 e. The van der Waals surface area contributed by atoms with Gasteiger partial charge in [0, 0.05) is 0 Å². The third-order valence-corrected chi connectivity index (χ3v) is 5.39. The Hall–Kier alpha value is -3.13. The van der Waals surface area contributed by atoms with Crippen molar-refractivity contribution in [3.8, 4) is 5.69 Å². The monoisotopic (exact) mass is 408 g/mol. The lowest BCUT2D eigenvalue weighted by Gasteiger charge is -2.11. The van der Waals surface area contributed by atoms with E-state index in [1.165, 1.54) is 11.8 Å². The molecule has 2 aromatic heterocycles. The van der Waals surface area contributed by atoms with Gasteiger partial charge in [0.1, 0.15) is 0 Å². The second-order valence-electron chi connectivity index (χ2n) is 6.47. The molecule has 0 saturated carbocycles. The van der Waals surface area contributed by atoms with Crippen LogP contribution in [-0.4, -0.2) is 37.5 Å². The average Bonchev–Trinajstić information content (AvgIpc) is 3.17. The Kier molecular flexibility index (Phi) is 5.62. The minimum atomic E-state index is -0.291. The fourth-order valence-corrected chi connectivity index (χ4v) is 3.82. The fourth-order valence-electron chi connectivity index (χ4n) is 3.08. The summed E-state index contributed by atoms with van der Waals surface area (Å²) in [6.07, 6.45) is 1.82. The standard InChI is InChI=1S/C21H20N4O3S/c1-2-3-13-28-18(26)14-29-21-23-22-20-24(15-9-5-4-6-10-15)19(27)16-11-7-8-12-17(16)25(20)21/h4-12H,2-3,13-14H2,1H3. The molecule has 0 fully saturated rings. The number of aromatic nitrogens is 4. The first-order valence-electron chi connectivity index (χ1n) is 9.43. The summed E-state index contributed by atoms with van der Waals surface area (Å²) >= 11 is 1.25. The molecule has 0 aliphatic heterocycles. The van der Waals surface area contributed by atoms with Crippen molar-refractivity contribution in [3.63, 3.8) is 0 Å². The first kappa shape index (κ1) is 19.2. The Morgan fingerprint density at radius 3 is 2.62 bits per heavy atom. The van der Waals surface area contributed by atoms with E-state index in [1.54, 1.807) is 10.6 Å². The molecule has 0 spiro atoms.